The lowest BCUT2D eigenvalue weighted by atomic mass is 9.68. The zero-order valence-corrected chi connectivity index (χ0v) is 33.8. The Balaban J connectivity index is 1.28. The fourth-order valence-corrected chi connectivity index (χ4v) is 9.68. The molecule has 2 aromatic carbocycles. The number of hydrogen-bond donors (Lipinski definition) is 2. The maximum Gasteiger partial charge on any atom is 0.303 e. The van der Waals surface area contributed by atoms with Crippen LogP contribution in [-0.4, -0.2) is 125 Å². The van der Waals surface area contributed by atoms with E-state index in [1.165, 1.54) is 30.6 Å². The molecule has 2 aromatic rings. The first-order valence-electron chi connectivity index (χ1n) is 19.4. The van der Waals surface area contributed by atoms with Crippen LogP contribution in [0.2, 0.25) is 5.02 Å². The van der Waals surface area contributed by atoms with Crippen LogP contribution in [0.4, 0.5) is 14.5 Å². The van der Waals surface area contributed by atoms with Crippen molar-refractivity contribution in [3.05, 3.63) is 70.3 Å². The van der Waals surface area contributed by atoms with Crippen LogP contribution < -0.4 is 14.4 Å². The van der Waals surface area contributed by atoms with E-state index in [1.807, 2.05) is 29.0 Å². The van der Waals surface area contributed by atoms with Crippen molar-refractivity contribution in [3.8, 4) is 5.75 Å². The summed E-state index contributed by atoms with van der Waals surface area (Å²) in [4.78, 5) is 33.0. The fourth-order valence-electron chi connectivity index (χ4n) is 8.90. The highest BCUT2D eigenvalue weighted by Gasteiger charge is 2.48. The van der Waals surface area contributed by atoms with E-state index in [4.69, 9.17) is 21.1 Å². The second kappa shape index (κ2) is 15.8. The number of anilines is 1. The van der Waals surface area contributed by atoms with Crippen molar-refractivity contribution < 1.29 is 41.4 Å². The monoisotopic (exact) mass is 819 g/mol. The Morgan fingerprint density at radius 3 is 2.64 bits per heavy atom. The van der Waals surface area contributed by atoms with Gasteiger partial charge in [0.1, 0.15) is 5.75 Å². The molecule has 56 heavy (non-hydrogen) atoms. The van der Waals surface area contributed by atoms with Crippen molar-refractivity contribution in [2.75, 3.05) is 78.5 Å². The van der Waals surface area contributed by atoms with Crippen LogP contribution in [0.1, 0.15) is 55.2 Å². The number of alkyl halides is 2. The highest BCUT2D eigenvalue weighted by Crippen LogP contribution is 2.48. The van der Waals surface area contributed by atoms with E-state index in [2.05, 4.69) is 11.0 Å². The summed E-state index contributed by atoms with van der Waals surface area (Å²) in [5, 5.41) is 13.0. The molecular formula is C40H52ClF2N5O7S. The first kappa shape index (κ1) is 40.8. The number of hydrogen-bond acceptors (Lipinski definition) is 9. The van der Waals surface area contributed by atoms with Gasteiger partial charge in [-0.1, -0.05) is 35.9 Å². The summed E-state index contributed by atoms with van der Waals surface area (Å²) < 4.78 is 68.7. The van der Waals surface area contributed by atoms with E-state index >= 15 is 0 Å². The van der Waals surface area contributed by atoms with Crippen molar-refractivity contribution in [1.29, 1.82) is 0 Å². The number of nitrogens with zero attached hydrogens (tertiary/aromatic N) is 4. The quantitative estimate of drug-likeness (QED) is 0.397. The number of ether oxygens (including phenoxy) is 2. The molecule has 2 amide bonds. The lowest BCUT2D eigenvalue weighted by molar-refractivity contribution is -0.148. The summed E-state index contributed by atoms with van der Waals surface area (Å²) >= 11 is 6.47. The van der Waals surface area contributed by atoms with Crippen LogP contribution in [0, 0.1) is 11.8 Å². The van der Waals surface area contributed by atoms with E-state index in [9.17, 15) is 31.9 Å². The van der Waals surface area contributed by atoms with Crippen molar-refractivity contribution in [2.45, 2.75) is 68.0 Å². The molecule has 0 aromatic heterocycles. The van der Waals surface area contributed by atoms with Gasteiger partial charge >= 0.3 is 10.2 Å². The average Bonchev–Trinajstić information content (AvgIpc) is 3.26. The van der Waals surface area contributed by atoms with Crippen LogP contribution >= 0.6 is 11.6 Å². The number of benzene rings is 2. The molecule has 2 N–H and O–H groups in total. The molecule has 1 saturated heterocycles. The molecule has 0 unspecified atom stereocenters. The summed E-state index contributed by atoms with van der Waals surface area (Å²) in [6, 6.07) is 10.9. The van der Waals surface area contributed by atoms with Gasteiger partial charge in [-0.15, -0.1) is 0 Å². The lowest BCUT2D eigenvalue weighted by Crippen LogP contribution is -2.57. The minimum atomic E-state index is -4.33. The number of aryl methyl sites for hydroxylation is 1. The topological polar surface area (TPSA) is 132 Å². The van der Waals surface area contributed by atoms with Gasteiger partial charge in [0.15, 0.2) is 5.60 Å². The summed E-state index contributed by atoms with van der Waals surface area (Å²) in [6.45, 7) is 1.96. The van der Waals surface area contributed by atoms with Crippen molar-refractivity contribution in [1.82, 2.24) is 18.8 Å². The molecule has 16 heteroatoms. The zero-order chi connectivity index (χ0) is 40.0. The first-order chi connectivity index (χ1) is 26.5. The minimum Gasteiger partial charge on any atom is -0.490 e. The average molecular weight is 820 g/mol. The van der Waals surface area contributed by atoms with Gasteiger partial charge in [0, 0.05) is 57.8 Å². The number of amides is 2. The van der Waals surface area contributed by atoms with Crippen molar-refractivity contribution in [2.24, 2.45) is 11.8 Å². The summed E-state index contributed by atoms with van der Waals surface area (Å²) in [5.41, 5.74) is 0.0334. The number of rotatable bonds is 7. The van der Waals surface area contributed by atoms with Gasteiger partial charge in [-0.25, -0.2) is 13.5 Å². The Morgan fingerprint density at radius 2 is 1.93 bits per heavy atom. The molecule has 0 radical (unpaired) electrons. The van der Waals surface area contributed by atoms with Gasteiger partial charge < -0.3 is 24.4 Å². The maximum absolute atomic E-state index is 13.9. The molecule has 3 heterocycles. The number of fused-ring (bicyclic) bond motifs is 4. The van der Waals surface area contributed by atoms with E-state index in [0.29, 0.717) is 55.7 Å². The molecule has 12 nitrogen and oxygen atoms in total. The van der Waals surface area contributed by atoms with Crippen LogP contribution in [-0.2, 0) is 42.0 Å². The number of halogens is 3. The molecule has 2 fully saturated rings. The highest BCUT2D eigenvalue weighted by atomic mass is 35.5. The SMILES string of the molecule is CN1CCC=C[C@H](OCCN2CC(F)(F)C2)[C@@H]2CC[C@H]2CN2C[C@@]3(CCCc4cc(Cl)ccc43)COc3ccc(cc32)[C@@](O)(C(=O)NS(=O)(=O)N(C)C)CC1=O. The lowest BCUT2D eigenvalue weighted by Gasteiger charge is -2.46. The van der Waals surface area contributed by atoms with E-state index in [-0.39, 0.29) is 43.1 Å². The highest BCUT2D eigenvalue weighted by molar-refractivity contribution is 7.87. The van der Waals surface area contributed by atoms with Crippen molar-refractivity contribution in [3.63, 3.8) is 0 Å². The molecule has 306 valence electrons. The molecule has 5 atom stereocenters. The smallest absolute Gasteiger partial charge is 0.303 e. The molecule has 5 aliphatic rings. The molecule has 1 spiro atoms. The van der Waals surface area contributed by atoms with Gasteiger partial charge in [-0.2, -0.15) is 12.7 Å². The van der Waals surface area contributed by atoms with Gasteiger partial charge in [0.2, 0.25) is 5.91 Å². The van der Waals surface area contributed by atoms with Gasteiger partial charge in [0.25, 0.3) is 11.8 Å². The molecule has 2 aliphatic carbocycles. The van der Waals surface area contributed by atoms with Gasteiger partial charge in [-0.3, -0.25) is 14.5 Å². The van der Waals surface area contributed by atoms with E-state index in [0.717, 1.165) is 42.0 Å². The number of carbonyl (C=O) groups is 2. The minimum absolute atomic E-state index is 0.0553. The third-order valence-electron chi connectivity index (χ3n) is 12.4. The van der Waals surface area contributed by atoms with Crippen LogP contribution in [0.3, 0.4) is 0 Å². The van der Waals surface area contributed by atoms with E-state index < -0.39 is 45.4 Å². The molecule has 1 saturated carbocycles. The Kier molecular flexibility index (Phi) is 11.5. The van der Waals surface area contributed by atoms with Crippen molar-refractivity contribution >= 4 is 39.3 Å². The Morgan fingerprint density at radius 1 is 1.14 bits per heavy atom. The first-order valence-corrected chi connectivity index (χ1v) is 21.2. The fraction of sp³-hybridized carbons (Fsp3) is 0.600. The van der Waals surface area contributed by atoms with Gasteiger partial charge in [0.05, 0.1) is 44.5 Å². The Bertz CT molecular complexity index is 1960. The normalized spacial score (nSPS) is 29.4. The molecule has 3 aliphatic heterocycles. The van der Waals surface area contributed by atoms with Gasteiger partial charge in [-0.05, 0) is 91.3 Å². The predicted molar refractivity (Wildman–Crippen MR) is 208 cm³/mol. The summed E-state index contributed by atoms with van der Waals surface area (Å²) in [7, 11) is -0.249. The molecule has 7 rings (SSSR count). The third-order valence-corrected chi connectivity index (χ3v) is 14.0. The number of likely N-dealkylation sites (tertiary alicyclic amines) is 1. The predicted octanol–water partition coefficient (Wildman–Crippen LogP) is 4.09. The number of aliphatic hydroxyl groups is 1. The van der Waals surface area contributed by atoms with Crippen LogP contribution in [0.15, 0.2) is 48.6 Å². The van der Waals surface area contributed by atoms with E-state index in [1.54, 1.807) is 24.1 Å². The largest absolute Gasteiger partial charge is 0.490 e. The second-order valence-corrected chi connectivity index (χ2v) is 18.8. The molecule has 2 bridgehead atoms. The molecular weight excluding hydrogens is 768 g/mol. The number of nitrogens with one attached hydrogen (secondary N) is 1. The number of carbonyl (C=O) groups excluding carboxylic acids is 2. The summed E-state index contributed by atoms with van der Waals surface area (Å²) in [6.07, 6.45) is 7.94. The third kappa shape index (κ3) is 8.30. The van der Waals surface area contributed by atoms with Crippen LogP contribution in [0.25, 0.3) is 0 Å². The Hall–Kier alpha value is -3.34. The Labute approximate surface area is 332 Å². The van der Waals surface area contributed by atoms with Crippen LogP contribution in [0.5, 0.6) is 5.75 Å². The maximum atomic E-state index is 13.9. The standard InChI is InChI=1S/C40H52ClF2N5O7S/c1-45(2)56(52,53)44-37(50)40(51)21-36(49)46(3)16-5-4-8-34(54-18-17-47-24-39(42,43)25-47)31-12-9-28(31)22-48-23-38(26-55-35-14-10-29(40)20-33(35)48)15-6-7-27-19-30(41)11-13-32(27)38/h4,8,10-11,13-14,19-20,28,31,34,51H,5-7,9,12,15-18,21-26H2,1-3H3,(H,44,50)/t28-,31+,34-,38-,40+/m0/s1. The zero-order valence-electron chi connectivity index (χ0n) is 32.2. The second-order valence-electron chi connectivity index (χ2n) is 16.5. The summed E-state index contributed by atoms with van der Waals surface area (Å²) in [5.74, 6) is -3.63.